The van der Waals surface area contributed by atoms with E-state index in [4.69, 9.17) is 14.7 Å². The highest BCUT2D eigenvalue weighted by Crippen LogP contribution is 2.22. The van der Waals surface area contributed by atoms with Crippen LogP contribution in [0.2, 0.25) is 0 Å². The summed E-state index contributed by atoms with van der Waals surface area (Å²) < 4.78 is 5.29. The molecule has 0 bridgehead atoms. The van der Waals surface area contributed by atoms with Crippen molar-refractivity contribution < 1.29 is 24.3 Å². The fourth-order valence-electron chi connectivity index (χ4n) is 3.69. The molecule has 1 aromatic heterocycles. The first-order chi connectivity index (χ1) is 16.0. The van der Waals surface area contributed by atoms with Crippen LogP contribution in [0.15, 0.2) is 28.8 Å². The van der Waals surface area contributed by atoms with Crippen molar-refractivity contribution in [1.29, 1.82) is 0 Å². The molecular weight excluding hydrogens is 424 g/mol. The Hall–Kier alpha value is -3.10. The molecule has 0 aliphatic rings. The molecule has 0 radical (unpaired) electrons. The van der Waals surface area contributed by atoms with Crippen LogP contribution in [0.25, 0.3) is 11.4 Å². The summed E-state index contributed by atoms with van der Waals surface area (Å²) in [7, 11) is 0. The Labute approximate surface area is 195 Å². The molecule has 33 heavy (non-hydrogen) atoms. The van der Waals surface area contributed by atoms with Gasteiger partial charge in [-0.05, 0) is 31.2 Å². The van der Waals surface area contributed by atoms with E-state index in [1.165, 1.54) is 56.9 Å². The van der Waals surface area contributed by atoms with E-state index in [9.17, 15) is 9.59 Å². The monoisotopic (exact) mass is 460 g/mol. The molecule has 1 aromatic carbocycles. The predicted octanol–water partition coefficient (Wildman–Crippen LogP) is 5.78. The van der Waals surface area contributed by atoms with Gasteiger partial charge in [-0.2, -0.15) is 4.98 Å². The molecule has 0 aliphatic carbocycles. The third-order valence-electron chi connectivity index (χ3n) is 5.51. The molecule has 9 heteroatoms. The highest BCUT2D eigenvalue weighted by atomic mass is 16.5. The van der Waals surface area contributed by atoms with Crippen molar-refractivity contribution in [2.45, 2.75) is 83.6 Å². The number of nitrogens with one attached hydrogen (secondary N) is 2. The first kappa shape index (κ1) is 26.2. The number of rotatable bonds is 16. The van der Waals surface area contributed by atoms with E-state index in [0.29, 0.717) is 18.7 Å². The lowest BCUT2D eigenvalue weighted by atomic mass is 10.0. The van der Waals surface area contributed by atoms with E-state index >= 15 is 0 Å². The van der Waals surface area contributed by atoms with E-state index in [1.807, 2.05) is 12.1 Å². The van der Waals surface area contributed by atoms with E-state index in [0.717, 1.165) is 12.0 Å². The number of unbranched alkanes of at least 4 members (excludes halogenated alkanes) is 7. The number of benzene rings is 1. The zero-order valence-electron chi connectivity index (χ0n) is 19.4. The number of amides is 2. The summed E-state index contributed by atoms with van der Waals surface area (Å²) in [6, 6.07) is 7.32. The summed E-state index contributed by atoms with van der Waals surface area (Å²) in [5.41, 5.74) is 2.07. The fraction of sp³-hybridized carbons (Fsp3) is 0.583. The molecule has 2 amide bonds. The van der Waals surface area contributed by atoms with Crippen LogP contribution in [0.3, 0.4) is 0 Å². The maximum absolute atomic E-state index is 11.1. The summed E-state index contributed by atoms with van der Waals surface area (Å²) in [6.07, 6.45) is 9.83. The van der Waals surface area contributed by atoms with Crippen molar-refractivity contribution in [3.8, 4) is 11.4 Å². The molecule has 2 aromatic rings. The predicted molar refractivity (Wildman–Crippen MR) is 125 cm³/mol. The summed E-state index contributed by atoms with van der Waals surface area (Å²) in [5, 5.41) is 26.3. The Bertz CT molecular complexity index is 838. The van der Waals surface area contributed by atoms with Crippen LogP contribution >= 0.6 is 0 Å². The van der Waals surface area contributed by atoms with Crippen molar-refractivity contribution in [2.75, 3.05) is 6.54 Å². The minimum atomic E-state index is -1.21. The Morgan fingerprint density at radius 2 is 1.61 bits per heavy atom. The minimum Gasteiger partial charge on any atom is -0.465 e. The van der Waals surface area contributed by atoms with Crippen LogP contribution in [0.5, 0.6) is 0 Å². The second kappa shape index (κ2) is 14.9. The van der Waals surface area contributed by atoms with E-state index < -0.39 is 18.2 Å². The van der Waals surface area contributed by atoms with Gasteiger partial charge in [-0.1, -0.05) is 81.3 Å². The van der Waals surface area contributed by atoms with Crippen LogP contribution in [-0.4, -0.2) is 39.1 Å². The van der Waals surface area contributed by atoms with Crippen LogP contribution < -0.4 is 10.6 Å². The van der Waals surface area contributed by atoms with Gasteiger partial charge in [0.15, 0.2) is 0 Å². The molecule has 1 atom stereocenters. The summed E-state index contributed by atoms with van der Waals surface area (Å²) in [5.74, 6) is 0.551. The second-order valence-electron chi connectivity index (χ2n) is 8.25. The van der Waals surface area contributed by atoms with E-state index in [-0.39, 0.29) is 12.4 Å². The molecule has 0 saturated heterocycles. The lowest BCUT2D eigenvalue weighted by Gasteiger charge is -2.12. The summed E-state index contributed by atoms with van der Waals surface area (Å²) >= 11 is 0. The topological polar surface area (TPSA) is 138 Å². The van der Waals surface area contributed by atoms with Crippen LogP contribution in [0, 0.1) is 0 Å². The molecule has 4 N–H and O–H groups in total. The smallest absolute Gasteiger partial charge is 0.405 e. The van der Waals surface area contributed by atoms with Gasteiger partial charge >= 0.3 is 12.2 Å². The number of carbonyl (C=O) groups is 2. The Morgan fingerprint density at radius 3 is 2.24 bits per heavy atom. The second-order valence-corrected chi connectivity index (χ2v) is 8.25. The molecule has 182 valence electrons. The van der Waals surface area contributed by atoms with Gasteiger partial charge in [0.1, 0.15) is 6.04 Å². The molecule has 1 heterocycles. The van der Waals surface area contributed by atoms with Crippen molar-refractivity contribution in [3.05, 3.63) is 35.7 Å². The lowest BCUT2D eigenvalue weighted by molar-refractivity contribution is 0.183. The highest BCUT2D eigenvalue weighted by molar-refractivity contribution is 5.65. The highest BCUT2D eigenvalue weighted by Gasteiger charge is 2.21. The Balaban J connectivity index is 1.83. The molecule has 0 fully saturated rings. The molecule has 0 unspecified atom stereocenters. The number of aryl methyl sites for hydroxylation is 1. The van der Waals surface area contributed by atoms with Crippen LogP contribution in [0.1, 0.15) is 88.6 Å². The maximum Gasteiger partial charge on any atom is 0.405 e. The summed E-state index contributed by atoms with van der Waals surface area (Å²) in [4.78, 5) is 26.0. The Morgan fingerprint density at radius 1 is 0.939 bits per heavy atom. The lowest BCUT2D eigenvalue weighted by Crippen LogP contribution is -2.28. The number of nitrogens with zero attached hydrogens (tertiary/aromatic N) is 2. The zero-order chi connectivity index (χ0) is 23.9. The van der Waals surface area contributed by atoms with Crippen LogP contribution in [-0.2, 0) is 6.42 Å². The normalized spacial score (nSPS) is 11.8. The SMILES string of the molecule is CCCCCCCCCCc1ccc(-c2noc([C@H](CCCNC(=O)O)NC(=O)O)n2)cc1. The largest absolute Gasteiger partial charge is 0.465 e. The number of hydrogen-bond donors (Lipinski definition) is 4. The average molecular weight is 461 g/mol. The number of hydrogen-bond acceptors (Lipinski definition) is 5. The Kier molecular flexibility index (Phi) is 11.8. The quantitative estimate of drug-likeness (QED) is 0.233. The van der Waals surface area contributed by atoms with Gasteiger partial charge in [-0.25, -0.2) is 9.59 Å². The van der Waals surface area contributed by atoms with Gasteiger partial charge in [-0.3, -0.25) is 0 Å². The number of aromatic nitrogens is 2. The first-order valence-electron chi connectivity index (χ1n) is 11.9. The van der Waals surface area contributed by atoms with Gasteiger partial charge in [-0.15, -0.1) is 0 Å². The maximum atomic E-state index is 11.1. The van der Waals surface area contributed by atoms with Crippen molar-refractivity contribution in [3.63, 3.8) is 0 Å². The van der Waals surface area contributed by atoms with Crippen molar-refractivity contribution in [1.82, 2.24) is 20.8 Å². The third-order valence-corrected chi connectivity index (χ3v) is 5.51. The molecular formula is C24H36N4O5. The van der Waals surface area contributed by atoms with Gasteiger partial charge in [0, 0.05) is 12.1 Å². The van der Waals surface area contributed by atoms with E-state index in [1.54, 1.807) is 0 Å². The van der Waals surface area contributed by atoms with Gasteiger partial charge in [0.2, 0.25) is 11.7 Å². The molecule has 0 aliphatic heterocycles. The third kappa shape index (κ3) is 10.4. The zero-order valence-corrected chi connectivity index (χ0v) is 19.4. The molecule has 2 rings (SSSR count). The minimum absolute atomic E-state index is 0.158. The van der Waals surface area contributed by atoms with Gasteiger partial charge < -0.3 is 25.4 Å². The van der Waals surface area contributed by atoms with Crippen molar-refractivity contribution in [2.24, 2.45) is 0 Å². The van der Waals surface area contributed by atoms with Gasteiger partial charge in [0.25, 0.3) is 0 Å². The molecule has 0 spiro atoms. The van der Waals surface area contributed by atoms with E-state index in [2.05, 4.69) is 39.8 Å². The van der Waals surface area contributed by atoms with Crippen LogP contribution in [0.4, 0.5) is 9.59 Å². The standard InChI is InChI=1S/C24H36N4O5/c1-2-3-4-5-6-7-8-9-11-18-13-15-19(16-14-18)21-27-22(33-28-21)20(26-24(31)32)12-10-17-25-23(29)30/h13-16,20,25-26H,2-12,17H2,1H3,(H,29,30)(H,31,32)/t20-/m0/s1. The fourth-order valence-corrected chi connectivity index (χ4v) is 3.69. The average Bonchev–Trinajstić information content (AvgIpc) is 3.28. The van der Waals surface area contributed by atoms with Gasteiger partial charge in [0.05, 0.1) is 0 Å². The number of carboxylic acid groups (broad SMARTS) is 2. The summed E-state index contributed by atoms with van der Waals surface area (Å²) in [6.45, 7) is 2.44. The first-order valence-corrected chi connectivity index (χ1v) is 11.9. The molecule has 0 saturated carbocycles. The molecule has 9 nitrogen and oxygen atoms in total. The van der Waals surface area contributed by atoms with Crippen molar-refractivity contribution >= 4 is 12.2 Å².